The Kier molecular flexibility index (Phi) is 5.94. The molecular formula is C12H15F2NO2S. The molecule has 0 atom stereocenters. The molecule has 1 aromatic rings. The van der Waals surface area contributed by atoms with Crippen LogP contribution in [0.5, 0.6) is 5.75 Å². The maximum absolute atomic E-state index is 13.5. The molecule has 3 N–H and O–H groups in total. The van der Waals surface area contributed by atoms with Gasteiger partial charge in [0.2, 0.25) is 0 Å². The van der Waals surface area contributed by atoms with Gasteiger partial charge in [0.05, 0.1) is 6.61 Å². The Bertz CT molecular complexity index is 404. The number of aliphatic hydroxyl groups excluding tert-OH is 1. The molecule has 0 saturated heterocycles. The molecule has 0 spiro atoms. The zero-order valence-electron chi connectivity index (χ0n) is 9.79. The van der Waals surface area contributed by atoms with Gasteiger partial charge in [-0.2, -0.15) is 0 Å². The van der Waals surface area contributed by atoms with Crippen molar-refractivity contribution in [2.24, 2.45) is 5.73 Å². The lowest BCUT2D eigenvalue weighted by Gasteiger charge is -2.09. The minimum Gasteiger partial charge on any atom is -0.488 e. The summed E-state index contributed by atoms with van der Waals surface area (Å²) >= 11 is 4.64. The lowest BCUT2D eigenvalue weighted by Crippen LogP contribution is -2.11. The zero-order valence-corrected chi connectivity index (χ0v) is 10.6. The molecule has 0 bridgehead atoms. The van der Waals surface area contributed by atoms with Crippen LogP contribution in [0.2, 0.25) is 0 Å². The number of unbranched alkanes of at least 4 members (excludes halogenated alkanes) is 2. The molecule has 0 unspecified atom stereocenters. The number of nitrogens with two attached hydrogens (primary N) is 1. The van der Waals surface area contributed by atoms with Gasteiger partial charge in [0.1, 0.15) is 4.99 Å². The number of aliphatic hydroxyl groups is 1. The second-order valence-electron chi connectivity index (χ2n) is 3.77. The quantitative estimate of drug-likeness (QED) is 0.591. The standard InChI is InChI=1S/C12H15F2NO2S/c13-9-6-8(12(15)18)7-10(14)11(9)17-5-3-1-2-4-16/h6-7,16H,1-5H2,(H2,15,18). The molecule has 6 heteroatoms. The van der Waals surface area contributed by atoms with Crippen LogP contribution in [0.15, 0.2) is 12.1 Å². The summed E-state index contributed by atoms with van der Waals surface area (Å²) in [5.41, 5.74) is 5.42. The topological polar surface area (TPSA) is 55.5 Å². The first kappa shape index (κ1) is 14.8. The van der Waals surface area contributed by atoms with E-state index in [1.54, 1.807) is 0 Å². The Hall–Kier alpha value is -1.27. The first-order valence-electron chi connectivity index (χ1n) is 5.58. The van der Waals surface area contributed by atoms with Gasteiger partial charge in [-0.05, 0) is 31.4 Å². The van der Waals surface area contributed by atoms with Crippen LogP contribution >= 0.6 is 12.2 Å². The molecule has 100 valence electrons. The van der Waals surface area contributed by atoms with E-state index in [-0.39, 0.29) is 23.8 Å². The van der Waals surface area contributed by atoms with Crippen LogP contribution in [-0.2, 0) is 0 Å². The second kappa shape index (κ2) is 7.23. The zero-order chi connectivity index (χ0) is 13.5. The molecule has 0 amide bonds. The van der Waals surface area contributed by atoms with Crippen molar-refractivity contribution in [2.75, 3.05) is 13.2 Å². The third-order valence-corrected chi connectivity index (χ3v) is 2.57. The minimum atomic E-state index is -0.819. The lowest BCUT2D eigenvalue weighted by molar-refractivity contribution is 0.255. The van der Waals surface area contributed by atoms with Gasteiger partial charge in [-0.15, -0.1) is 0 Å². The third-order valence-electron chi connectivity index (χ3n) is 2.33. The molecule has 0 aliphatic carbocycles. The lowest BCUT2D eigenvalue weighted by atomic mass is 10.2. The maximum Gasteiger partial charge on any atom is 0.190 e. The molecule has 18 heavy (non-hydrogen) atoms. The van der Waals surface area contributed by atoms with E-state index in [4.69, 9.17) is 15.6 Å². The van der Waals surface area contributed by atoms with E-state index >= 15 is 0 Å². The van der Waals surface area contributed by atoms with E-state index < -0.39 is 17.4 Å². The van der Waals surface area contributed by atoms with Crippen molar-refractivity contribution in [3.8, 4) is 5.75 Å². The van der Waals surface area contributed by atoms with Crippen molar-refractivity contribution in [1.29, 1.82) is 0 Å². The molecule has 1 rings (SSSR count). The largest absolute Gasteiger partial charge is 0.488 e. The van der Waals surface area contributed by atoms with Gasteiger partial charge in [-0.25, -0.2) is 8.78 Å². The number of halogens is 2. The van der Waals surface area contributed by atoms with E-state index in [9.17, 15) is 8.78 Å². The normalized spacial score (nSPS) is 10.4. The van der Waals surface area contributed by atoms with Gasteiger partial charge >= 0.3 is 0 Å². The fourth-order valence-corrected chi connectivity index (χ4v) is 1.52. The van der Waals surface area contributed by atoms with E-state index in [1.807, 2.05) is 0 Å². The van der Waals surface area contributed by atoms with Gasteiger partial charge in [0, 0.05) is 12.2 Å². The Morgan fingerprint density at radius 2 is 1.83 bits per heavy atom. The molecule has 3 nitrogen and oxygen atoms in total. The fourth-order valence-electron chi connectivity index (χ4n) is 1.40. The summed E-state index contributed by atoms with van der Waals surface area (Å²) in [5, 5.41) is 8.57. The van der Waals surface area contributed by atoms with Gasteiger partial charge in [0.15, 0.2) is 17.4 Å². The van der Waals surface area contributed by atoms with Crippen LogP contribution < -0.4 is 10.5 Å². The Morgan fingerprint density at radius 1 is 1.22 bits per heavy atom. The molecule has 0 radical (unpaired) electrons. The highest BCUT2D eigenvalue weighted by Crippen LogP contribution is 2.23. The molecule has 1 aromatic carbocycles. The number of rotatable bonds is 7. The second-order valence-corrected chi connectivity index (χ2v) is 4.21. The smallest absolute Gasteiger partial charge is 0.190 e. The number of hydrogen-bond acceptors (Lipinski definition) is 3. The number of benzene rings is 1. The molecule has 0 fully saturated rings. The average molecular weight is 275 g/mol. The van der Waals surface area contributed by atoms with Crippen LogP contribution in [0.4, 0.5) is 8.78 Å². The molecule has 0 aromatic heterocycles. The molecule has 0 aliphatic rings. The Balaban J connectivity index is 2.63. The monoisotopic (exact) mass is 275 g/mol. The summed E-state index contributed by atoms with van der Waals surface area (Å²) in [6.07, 6.45) is 2.01. The number of ether oxygens (including phenoxy) is 1. The van der Waals surface area contributed by atoms with E-state index in [1.165, 1.54) is 0 Å². The highest BCUT2D eigenvalue weighted by molar-refractivity contribution is 7.80. The predicted molar refractivity (Wildman–Crippen MR) is 68.7 cm³/mol. The average Bonchev–Trinajstić information content (AvgIpc) is 2.31. The molecule has 0 saturated carbocycles. The first-order valence-corrected chi connectivity index (χ1v) is 5.99. The molecule has 0 heterocycles. The van der Waals surface area contributed by atoms with Crippen LogP contribution in [-0.4, -0.2) is 23.3 Å². The first-order chi connectivity index (χ1) is 8.56. The third kappa shape index (κ3) is 4.19. The molecular weight excluding hydrogens is 260 g/mol. The summed E-state index contributed by atoms with van der Waals surface area (Å²) in [7, 11) is 0. The fraction of sp³-hybridized carbons (Fsp3) is 0.417. The van der Waals surface area contributed by atoms with Crippen molar-refractivity contribution in [3.05, 3.63) is 29.3 Å². The summed E-state index contributed by atoms with van der Waals surface area (Å²) < 4.78 is 32.1. The maximum atomic E-state index is 13.5. The van der Waals surface area contributed by atoms with Gasteiger partial charge in [-0.3, -0.25) is 0 Å². The molecule has 0 aliphatic heterocycles. The predicted octanol–water partition coefficient (Wildman–Crippen LogP) is 2.14. The Morgan fingerprint density at radius 3 is 2.33 bits per heavy atom. The van der Waals surface area contributed by atoms with Crippen molar-refractivity contribution in [3.63, 3.8) is 0 Å². The van der Waals surface area contributed by atoms with Crippen LogP contribution in [0.3, 0.4) is 0 Å². The number of hydrogen-bond donors (Lipinski definition) is 2. The van der Waals surface area contributed by atoms with E-state index in [2.05, 4.69) is 12.2 Å². The van der Waals surface area contributed by atoms with E-state index in [0.717, 1.165) is 18.6 Å². The SMILES string of the molecule is NC(=S)c1cc(F)c(OCCCCCO)c(F)c1. The highest BCUT2D eigenvalue weighted by atomic mass is 32.1. The summed E-state index contributed by atoms with van der Waals surface area (Å²) in [6.45, 7) is 0.297. The van der Waals surface area contributed by atoms with Crippen molar-refractivity contribution in [2.45, 2.75) is 19.3 Å². The van der Waals surface area contributed by atoms with Crippen molar-refractivity contribution < 1.29 is 18.6 Å². The highest BCUT2D eigenvalue weighted by Gasteiger charge is 2.13. The summed E-state index contributed by atoms with van der Waals surface area (Å²) in [4.78, 5) is -0.0673. The van der Waals surface area contributed by atoms with Gasteiger partial charge in [-0.1, -0.05) is 12.2 Å². The summed E-state index contributed by atoms with van der Waals surface area (Å²) in [6, 6.07) is 2.10. The summed E-state index contributed by atoms with van der Waals surface area (Å²) in [5.74, 6) is -2.06. The Labute approximate surface area is 110 Å². The van der Waals surface area contributed by atoms with Crippen LogP contribution in [0.25, 0.3) is 0 Å². The van der Waals surface area contributed by atoms with Gasteiger partial charge < -0.3 is 15.6 Å². The van der Waals surface area contributed by atoms with Crippen molar-refractivity contribution in [1.82, 2.24) is 0 Å². The number of thiocarbonyl (C=S) groups is 1. The van der Waals surface area contributed by atoms with Crippen molar-refractivity contribution >= 4 is 17.2 Å². The van der Waals surface area contributed by atoms with Gasteiger partial charge in [0.25, 0.3) is 0 Å². The van der Waals surface area contributed by atoms with E-state index in [0.29, 0.717) is 12.8 Å². The van der Waals surface area contributed by atoms with Crippen LogP contribution in [0.1, 0.15) is 24.8 Å². The van der Waals surface area contributed by atoms with Crippen LogP contribution in [0, 0.1) is 11.6 Å². The minimum absolute atomic E-state index is 0.0673.